The molecule has 0 saturated heterocycles. The van der Waals surface area contributed by atoms with Gasteiger partial charge in [-0.1, -0.05) is 23.7 Å². The van der Waals surface area contributed by atoms with Gasteiger partial charge in [-0.25, -0.2) is 4.39 Å². The number of pyridine rings is 1. The number of nitrogens with zero attached hydrogens (tertiary/aromatic N) is 1. The summed E-state index contributed by atoms with van der Waals surface area (Å²) < 4.78 is 13.1. The van der Waals surface area contributed by atoms with Gasteiger partial charge < -0.3 is 0 Å². The van der Waals surface area contributed by atoms with E-state index in [0.29, 0.717) is 11.4 Å². The van der Waals surface area contributed by atoms with Crippen molar-refractivity contribution in [1.82, 2.24) is 4.98 Å². The van der Waals surface area contributed by atoms with Gasteiger partial charge in [-0.2, -0.15) is 0 Å². The second-order valence-corrected chi connectivity index (χ2v) is 4.63. The molecular formula is C13H10Cl2FN. The maximum Gasteiger partial charge on any atom is 0.123 e. The van der Waals surface area contributed by atoms with E-state index in [2.05, 4.69) is 4.98 Å². The molecule has 0 bridgehead atoms. The molecule has 0 N–H and O–H groups in total. The molecule has 0 aliphatic carbocycles. The minimum atomic E-state index is -0.300. The lowest BCUT2D eigenvalue weighted by Gasteiger charge is -2.10. The normalized spacial score (nSPS) is 12.4. The first-order chi connectivity index (χ1) is 8.16. The molecule has 1 atom stereocenters. The van der Waals surface area contributed by atoms with Crippen LogP contribution in [0.4, 0.5) is 4.39 Å². The summed E-state index contributed by atoms with van der Waals surface area (Å²) in [5, 5.41) is 0.278. The largest absolute Gasteiger partial charge is 0.263 e. The van der Waals surface area contributed by atoms with Crippen LogP contribution in [0.3, 0.4) is 0 Å². The van der Waals surface area contributed by atoms with E-state index in [1.54, 1.807) is 24.5 Å². The van der Waals surface area contributed by atoms with Crippen LogP contribution in [0.2, 0.25) is 5.02 Å². The molecule has 0 fully saturated rings. The minimum absolute atomic E-state index is 0.283. The lowest BCUT2D eigenvalue weighted by Crippen LogP contribution is -1.97. The molecule has 2 rings (SSSR count). The summed E-state index contributed by atoms with van der Waals surface area (Å²) in [5.41, 5.74) is 1.66. The summed E-state index contributed by atoms with van der Waals surface area (Å²) >= 11 is 12.2. The highest BCUT2D eigenvalue weighted by molar-refractivity contribution is 6.31. The van der Waals surface area contributed by atoms with Crippen molar-refractivity contribution in [1.29, 1.82) is 0 Å². The zero-order valence-corrected chi connectivity index (χ0v) is 10.4. The van der Waals surface area contributed by atoms with E-state index >= 15 is 0 Å². The molecule has 0 amide bonds. The molecule has 17 heavy (non-hydrogen) atoms. The Morgan fingerprint density at radius 3 is 2.82 bits per heavy atom. The van der Waals surface area contributed by atoms with Gasteiger partial charge in [-0.3, -0.25) is 4.98 Å². The number of rotatable bonds is 3. The molecule has 0 saturated carbocycles. The van der Waals surface area contributed by atoms with Crippen LogP contribution in [-0.2, 0) is 6.42 Å². The Labute approximate surface area is 109 Å². The van der Waals surface area contributed by atoms with Gasteiger partial charge in [0.15, 0.2) is 0 Å². The van der Waals surface area contributed by atoms with E-state index in [9.17, 15) is 4.39 Å². The molecule has 4 heteroatoms. The van der Waals surface area contributed by atoms with Gasteiger partial charge in [0, 0.05) is 12.4 Å². The van der Waals surface area contributed by atoms with Gasteiger partial charge >= 0.3 is 0 Å². The Morgan fingerprint density at radius 1 is 1.29 bits per heavy atom. The van der Waals surface area contributed by atoms with Crippen LogP contribution in [-0.4, -0.2) is 4.98 Å². The highest BCUT2D eigenvalue weighted by atomic mass is 35.5. The van der Waals surface area contributed by atoms with Crippen molar-refractivity contribution in [3.8, 4) is 0 Å². The first-order valence-corrected chi connectivity index (χ1v) is 5.96. The molecule has 0 aliphatic rings. The molecule has 0 radical (unpaired) electrons. The molecule has 2 aromatic rings. The first-order valence-electron chi connectivity index (χ1n) is 5.15. The van der Waals surface area contributed by atoms with Gasteiger partial charge in [0.2, 0.25) is 0 Å². The molecule has 0 aliphatic heterocycles. The van der Waals surface area contributed by atoms with Crippen molar-refractivity contribution in [3.05, 3.63) is 64.7 Å². The Kier molecular flexibility index (Phi) is 3.97. The van der Waals surface area contributed by atoms with E-state index in [0.717, 1.165) is 11.1 Å². The van der Waals surface area contributed by atoms with Gasteiger partial charge in [-0.05, 0) is 35.7 Å². The van der Waals surface area contributed by atoms with Crippen molar-refractivity contribution >= 4 is 23.2 Å². The average Bonchev–Trinajstić information content (AvgIpc) is 2.32. The predicted octanol–water partition coefficient (Wildman–Crippen LogP) is 4.40. The molecule has 1 aromatic heterocycles. The van der Waals surface area contributed by atoms with E-state index < -0.39 is 0 Å². The number of aromatic nitrogens is 1. The van der Waals surface area contributed by atoms with Crippen LogP contribution in [0, 0.1) is 5.82 Å². The Hall–Kier alpha value is -1.12. The van der Waals surface area contributed by atoms with E-state index in [1.807, 2.05) is 6.07 Å². The lowest BCUT2D eigenvalue weighted by molar-refractivity contribution is 0.624. The zero-order valence-electron chi connectivity index (χ0n) is 8.91. The third-order valence-corrected chi connectivity index (χ3v) is 3.21. The molecule has 1 aromatic carbocycles. The fourth-order valence-corrected chi connectivity index (χ4v) is 2.08. The van der Waals surface area contributed by atoms with E-state index in [4.69, 9.17) is 23.2 Å². The van der Waals surface area contributed by atoms with E-state index in [1.165, 1.54) is 12.1 Å². The summed E-state index contributed by atoms with van der Waals surface area (Å²) in [4.78, 5) is 3.90. The van der Waals surface area contributed by atoms with Crippen LogP contribution < -0.4 is 0 Å². The van der Waals surface area contributed by atoms with Crippen molar-refractivity contribution in [2.75, 3.05) is 0 Å². The van der Waals surface area contributed by atoms with Crippen LogP contribution in [0.5, 0.6) is 0 Å². The van der Waals surface area contributed by atoms with Gasteiger partial charge in [0.05, 0.1) is 10.4 Å². The Morgan fingerprint density at radius 2 is 2.12 bits per heavy atom. The minimum Gasteiger partial charge on any atom is -0.263 e. The highest BCUT2D eigenvalue weighted by Crippen LogP contribution is 2.27. The maximum atomic E-state index is 13.1. The first kappa shape index (κ1) is 12.3. The van der Waals surface area contributed by atoms with Crippen LogP contribution in [0.25, 0.3) is 0 Å². The van der Waals surface area contributed by atoms with Gasteiger partial charge in [0.1, 0.15) is 5.82 Å². The molecule has 1 unspecified atom stereocenters. The second-order valence-electron chi connectivity index (χ2n) is 3.69. The zero-order chi connectivity index (χ0) is 12.3. The Bertz CT molecular complexity index is 516. The fraction of sp³-hybridized carbons (Fsp3) is 0.154. The number of hydrogen-bond acceptors (Lipinski definition) is 1. The summed E-state index contributed by atoms with van der Waals surface area (Å²) in [5.74, 6) is -0.283. The summed E-state index contributed by atoms with van der Waals surface area (Å²) in [6, 6.07) is 8.10. The van der Waals surface area contributed by atoms with Crippen LogP contribution in [0.15, 0.2) is 42.7 Å². The third-order valence-electron chi connectivity index (χ3n) is 2.47. The standard InChI is InChI=1S/C13H10Cl2FN/c14-12(9-2-1-3-11(16)6-9)7-10-4-5-17-8-13(10)15/h1-6,8,12H,7H2. The molecule has 1 heterocycles. The number of hydrogen-bond donors (Lipinski definition) is 0. The van der Waals surface area contributed by atoms with Crippen LogP contribution >= 0.6 is 23.2 Å². The average molecular weight is 270 g/mol. The molecular weight excluding hydrogens is 260 g/mol. The summed E-state index contributed by atoms with van der Waals surface area (Å²) in [6.07, 6.45) is 3.79. The topological polar surface area (TPSA) is 12.9 Å². The maximum absolute atomic E-state index is 13.1. The summed E-state index contributed by atoms with van der Waals surface area (Å²) in [6.45, 7) is 0. The number of alkyl halides is 1. The van der Waals surface area contributed by atoms with Crippen molar-refractivity contribution in [2.24, 2.45) is 0 Å². The SMILES string of the molecule is Fc1cccc(C(Cl)Cc2ccncc2Cl)c1. The van der Waals surface area contributed by atoms with Crippen molar-refractivity contribution < 1.29 is 4.39 Å². The smallest absolute Gasteiger partial charge is 0.123 e. The molecule has 0 spiro atoms. The molecule has 1 nitrogen and oxygen atoms in total. The Balaban J connectivity index is 2.17. The second kappa shape index (κ2) is 5.48. The lowest BCUT2D eigenvalue weighted by atomic mass is 10.0. The number of halogens is 3. The third kappa shape index (κ3) is 3.18. The predicted molar refractivity (Wildman–Crippen MR) is 67.9 cm³/mol. The quantitative estimate of drug-likeness (QED) is 0.753. The van der Waals surface area contributed by atoms with Gasteiger partial charge in [-0.15, -0.1) is 11.6 Å². The summed E-state index contributed by atoms with van der Waals surface area (Å²) in [7, 11) is 0. The van der Waals surface area contributed by atoms with Crippen molar-refractivity contribution in [3.63, 3.8) is 0 Å². The van der Waals surface area contributed by atoms with Crippen molar-refractivity contribution in [2.45, 2.75) is 11.8 Å². The number of benzene rings is 1. The van der Waals surface area contributed by atoms with E-state index in [-0.39, 0.29) is 11.2 Å². The van der Waals surface area contributed by atoms with Gasteiger partial charge in [0.25, 0.3) is 0 Å². The fourth-order valence-electron chi connectivity index (χ4n) is 1.58. The molecule has 88 valence electrons. The van der Waals surface area contributed by atoms with Crippen LogP contribution in [0.1, 0.15) is 16.5 Å². The highest BCUT2D eigenvalue weighted by Gasteiger charge is 2.11. The monoisotopic (exact) mass is 269 g/mol.